The predicted molar refractivity (Wildman–Crippen MR) is 148 cm³/mol. The first-order chi connectivity index (χ1) is 19.6. The van der Waals surface area contributed by atoms with Crippen molar-refractivity contribution in [3.63, 3.8) is 0 Å². The zero-order valence-electron chi connectivity index (χ0n) is 23.0. The van der Waals surface area contributed by atoms with Gasteiger partial charge >= 0.3 is 0 Å². The second kappa shape index (κ2) is 13.5. The Balaban J connectivity index is 1.50. The molecule has 220 valence electrons. The first-order valence-electron chi connectivity index (χ1n) is 13.9. The number of hydrogen-bond acceptors (Lipinski definition) is 6. The molecule has 2 N–H and O–H groups in total. The predicted octanol–water partition coefficient (Wildman–Crippen LogP) is 2.57. The molecule has 2 aliphatic rings. The molecule has 0 saturated carbocycles. The summed E-state index contributed by atoms with van der Waals surface area (Å²) in [5.41, 5.74) is 0.406. The Morgan fingerprint density at radius 2 is 1.93 bits per heavy atom. The van der Waals surface area contributed by atoms with Gasteiger partial charge in [0.25, 0.3) is 0 Å². The number of nitriles is 1. The minimum atomic E-state index is -3.96. The summed E-state index contributed by atoms with van der Waals surface area (Å²) in [6.45, 7) is 3.56. The lowest BCUT2D eigenvalue weighted by molar-refractivity contribution is -0.129. The van der Waals surface area contributed by atoms with Crippen molar-refractivity contribution in [3.05, 3.63) is 65.2 Å². The van der Waals surface area contributed by atoms with Gasteiger partial charge in [0.05, 0.1) is 16.4 Å². The van der Waals surface area contributed by atoms with E-state index in [0.29, 0.717) is 25.2 Å². The van der Waals surface area contributed by atoms with Crippen LogP contribution in [0.15, 0.2) is 47.4 Å². The molecule has 2 unspecified atom stereocenters. The summed E-state index contributed by atoms with van der Waals surface area (Å²) >= 11 is 0. The van der Waals surface area contributed by atoms with Gasteiger partial charge in [-0.15, -0.1) is 0 Å². The Labute approximate surface area is 239 Å². The number of rotatable bonds is 11. The van der Waals surface area contributed by atoms with Gasteiger partial charge in [-0.2, -0.15) is 9.57 Å². The summed E-state index contributed by atoms with van der Waals surface area (Å²) in [6.07, 6.45) is 2.26. The monoisotopic (exact) mass is 587 g/mol. The molecule has 2 aromatic rings. The zero-order valence-corrected chi connectivity index (χ0v) is 23.8. The molecule has 9 nitrogen and oxygen atoms in total. The quantitative estimate of drug-likeness (QED) is 0.417. The number of sulfonamides is 1. The molecule has 0 bridgehead atoms. The van der Waals surface area contributed by atoms with Crippen molar-refractivity contribution in [1.29, 1.82) is 5.26 Å². The number of amides is 2. The van der Waals surface area contributed by atoms with E-state index in [9.17, 15) is 32.0 Å². The lowest BCUT2D eigenvalue weighted by Crippen LogP contribution is -2.55. The highest BCUT2D eigenvalue weighted by molar-refractivity contribution is 7.89. The summed E-state index contributed by atoms with van der Waals surface area (Å²) < 4.78 is 56.1. The number of nitrogens with zero attached hydrogens (tertiary/aromatic N) is 3. The number of carbonyl (C=O) groups is 2. The topological polar surface area (TPSA) is 123 Å². The number of carbonyl (C=O) groups excluding carboxylic acids is 2. The normalized spacial score (nSPS) is 20.5. The number of halogens is 2. The average Bonchev–Trinajstić information content (AvgIpc) is 3.31. The highest BCUT2D eigenvalue weighted by Crippen LogP contribution is 2.23. The fourth-order valence-electron chi connectivity index (χ4n) is 5.48. The number of hydrogen-bond donors (Lipinski definition) is 2. The maximum Gasteiger partial charge on any atom is 0.244 e. The van der Waals surface area contributed by atoms with E-state index in [1.54, 1.807) is 17.0 Å². The smallest absolute Gasteiger partial charge is 0.244 e. The van der Waals surface area contributed by atoms with E-state index in [1.807, 2.05) is 13.0 Å². The highest BCUT2D eigenvalue weighted by atomic mass is 32.2. The minimum absolute atomic E-state index is 0.0555. The van der Waals surface area contributed by atoms with E-state index in [4.69, 9.17) is 0 Å². The molecule has 12 heteroatoms. The summed E-state index contributed by atoms with van der Waals surface area (Å²) in [7, 11) is -3.96. The Morgan fingerprint density at radius 1 is 1.20 bits per heavy atom. The van der Waals surface area contributed by atoms with Crippen LogP contribution in [0.2, 0.25) is 0 Å². The van der Waals surface area contributed by atoms with E-state index < -0.39 is 33.6 Å². The first-order valence-corrected chi connectivity index (χ1v) is 15.3. The van der Waals surface area contributed by atoms with E-state index in [0.717, 1.165) is 18.9 Å². The van der Waals surface area contributed by atoms with Gasteiger partial charge in [-0.1, -0.05) is 25.5 Å². The van der Waals surface area contributed by atoms with Crippen LogP contribution < -0.4 is 10.6 Å². The summed E-state index contributed by atoms with van der Waals surface area (Å²) in [4.78, 5) is 27.3. The largest absolute Gasteiger partial charge is 0.353 e. The fraction of sp³-hybridized carbons (Fsp3) is 0.483. The molecule has 3 atom stereocenters. The molecule has 2 aromatic carbocycles. The molecule has 0 spiro atoms. The van der Waals surface area contributed by atoms with E-state index in [2.05, 4.69) is 10.6 Å². The Hall–Kier alpha value is -3.40. The number of nitrogens with one attached hydrogen (secondary N) is 2. The van der Waals surface area contributed by atoms with Gasteiger partial charge in [0.2, 0.25) is 21.8 Å². The van der Waals surface area contributed by atoms with Gasteiger partial charge in [-0.25, -0.2) is 17.2 Å². The molecule has 2 amide bonds. The molecular formula is C29H35F2N5O4S. The Kier molecular flexibility index (Phi) is 10.1. The van der Waals surface area contributed by atoms with Gasteiger partial charge in [-0.3, -0.25) is 9.59 Å². The maximum atomic E-state index is 14.0. The standard InChI is InChI=1S/C29H35F2N5O4S/c1-2-3-9-35-18-22(14-28(35)37)29(38)34-25(13-20-11-23(30)15-24(31)12-20)16-26-19-36(10-8-33-26)41(39,40)27-7-5-4-6-21(27)17-32/h4-7,11-12,15,22,25-26,33H,2-3,8-10,13-14,16,18-19H2,1H3,(H,34,38)/t22?,25?,26-/m0/s1. The highest BCUT2D eigenvalue weighted by Gasteiger charge is 2.36. The van der Waals surface area contributed by atoms with Crippen LogP contribution in [0, 0.1) is 28.9 Å². The van der Waals surface area contributed by atoms with Crippen molar-refractivity contribution in [2.45, 2.75) is 56.0 Å². The SMILES string of the molecule is CCCCN1CC(C(=O)NC(Cc2cc(F)cc(F)c2)C[C@H]2CN(S(=O)(=O)c3ccccc3C#N)CCN2)CC1=O. The van der Waals surface area contributed by atoms with E-state index >= 15 is 0 Å². The number of piperazine rings is 1. The molecule has 41 heavy (non-hydrogen) atoms. The van der Waals surface area contributed by atoms with Crippen LogP contribution in [0.4, 0.5) is 8.78 Å². The van der Waals surface area contributed by atoms with Crippen LogP contribution in [0.5, 0.6) is 0 Å². The van der Waals surface area contributed by atoms with Gasteiger partial charge in [0.1, 0.15) is 17.7 Å². The van der Waals surface area contributed by atoms with Crippen LogP contribution >= 0.6 is 0 Å². The average molecular weight is 588 g/mol. The summed E-state index contributed by atoms with van der Waals surface area (Å²) in [5.74, 6) is -2.40. The van der Waals surface area contributed by atoms with Gasteiger partial charge in [0.15, 0.2) is 0 Å². The molecule has 2 fully saturated rings. The van der Waals surface area contributed by atoms with Crippen molar-refractivity contribution in [2.24, 2.45) is 5.92 Å². The van der Waals surface area contributed by atoms with Gasteiger partial charge in [0, 0.05) is 57.3 Å². The molecule has 2 heterocycles. The third kappa shape index (κ3) is 7.67. The van der Waals surface area contributed by atoms with Crippen LogP contribution in [-0.4, -0.2) is 74.2 Å². The number of unbranched alkanes of at least 4 members (excludes halogenated alkanes) is 1. The van der Waals surface area contributed by atoms with Crippen molar-refractivity contribution in [2.75, 3.05) is 32.7 Å². The molecule has 0 radical (unpaired) electrons. The third-order valence-corrected chi connectivity index (χ3v) is 9.45. The molecule has 4 rings (SSSR count). The molecule has 0 aromatic heterocycles. The van der Waals surface area contributed by atoms with E-state index in [1.165, 1.54) is 28.6 Å². The first kappa shape index (κ1) is 30.6. The molecule has 0 aliphatic carbocycles. The fourth-order valence-corrected chi connectivity index (χ4v) is 7.10. The van der Waals surface area contributed by atoms with Gasteiger partial charge < -0.3 is 15.5 Å². The van der Waals surface area contributed by atoms with Crippen molar-refractivity contribution >= 4 is 21.8 Å². The zero-order chi connectivity index (χ0) is 29.6. The Bertz CT molecular complexity index is 1390. The van der Waals surface area contributed by atoms with Crippen LogP contribution in [0.25, 0.3) is 0 Å². The van der Waals surface area contributed by atoms with Crippen molar-refractivity contribution in [3.8, 4) is 6.07 Å². The van der Waals surface area contributed by atoms with E-state index in [-0.39, 0.29) is 60.7 Å². The second-order valence-corrected chi connectivity index (χ2v) is 12.5. The number of benzene rings is 2. The van der Waals surface area contributed by atoms with Crippen molar-refractivity contribution < 1.29 is 26.8 Å². The third-order valence-electron chi connectivity index (χ3n) is 7.53. The number of likely N-dealkylation sites (tertiary alicyclic amines) is 1. The maximum absolute atomic E-state index is 14.0. The van der Waals surface area contributed by atoms with Gasteiger partial charge in [-0.05, 0) is 49.1 Å². The summed E-state index contributed by atoms with van der Waals surface area (Å²) in [5, 5.41) is 15.7. The lowest BCUT2D eigenvalue weighted by atomic mass is 9.97. The lowest BCUT2D eigenvalue weighted by Gasteiger charge is -2.35. The molecule has 2 aliphatic heterocycles. The summed E-state index contributed by atoms with van der Waals surface area (Å²) in [6, 6.07) is 10.2. The molecular weight excluding hydrogens is 552 g/mol. The minimum Gasteiger partial charge on any atom is -0.353 e. The second-order valence-electron chi connectivity index (χ2n) is 10.6. The Morgan fingerprint density at radius 3 is 2.63 bits per heavy atom. The van der Waals surface area contributed by atoms with Crippen molar-refractivity contribution in [1.82, 2.24) is 19.8 Å². The van der Waals surface area contributed by atoms with Crippen LogP contribution in [0.3, 0.4) is 0 Å². The van der Waals surface area contributed by atoms with Crippen LogP contribution in [0.1, 0.15) is 43.7 Å². The molecule has 2 saturated heterocycles. The van der Waals surface area contributed by atoms with Crippen LogP contribution in [-0.2, 0) is 26.0 Å².